The third kappa shape index (κ3) is 3.54. The van der Waals surface area contributed by atoms with Gasteiger partial charge in [0.1, 0.15) is 5.82 Å². The average Bonchev–Trinajstić information content (AvgIpc) is 2.91. The van der Waals surface area contributed by atoms with E-state index in [0.29, 0.717) is 6.61 Å². The van der Waals surface area contributed by atoms with E-state index in [4.69, 9.17) is 4.74 Å². The van der Waals surface area contributed by atoms with Crippen molar-refractivity contribution in [1.82, 2.24) is 5.32 Å². The van der Waals surface area contributed by atoms with E-state index < -0.39 is 6.09 Å². The number of carbonyl (C=O) groups excluding carboxylic acids is 1. The standard InChI is InChI=1S/C14H14FNO2S/c1-2-18-14(17)16-13(12-4-3-9-19-12)10-5-7-11(15)8-6-10/h3-9,13H,2H2,1H3,(H,16,17). The normalized spacial score (nSPS) is 11.9. The monoisotopic (exact) mass is 279 g/mol. The number of hydrogen-bond acceptors (Lipinski definition) is 3. The minimum absolute atomic E-state index is 0.301. The van der Waals surface area contributed by atoms with Crippen LogP contribution < -0.4 is 5.32 Å². The largest absolute Gasteiger partial charge is 0.450 e. The number of ether oxygens (including phenoxy) is 1. The topological polar surface area (TPSA) is 38.3 Å². The Kier molecular flexibility index (Phi) is 4.52. The van der Waals surface area contributed by atoms with Gasteiger partial charge in [-0.3, -0.25) is 0 Å². The molecule has 3 nitrogen and oxygen atoms in total. The molecule has 1 unspecified atom stereocenters. The molecule has 1 aromatic heterocycles. The number of hydrogen-bond donors (Lipinski definition) is 1. The Hall–Kier alpha value is -1.88. The molecule has 0 saturated carbocycles. The maximum atomic E-state index is 13.0. The van der Waals surface area contributed by atoms with E-state index in [2.05, 4.69) is 5.32 Å². The number of rotatable bonds is 4. The highest BCUT2D eigenvalue weighted by Crippen LogP contribution is 2.26. The van der Waals surface area contributed by atoms with Crippen molar-refractivity contribution >= 4 is 17.4 Å². The van der Waals surface area contributed by atoms with Crippen LogP contribution in [-0.2, 0) is 4.74 Å². The van der Waals surface area contributed by atoms with Crippen molar-refractivity contribution < 1.29 is 13.9 Å². The van der Waals surface area contributed by atoms with Crippen LogP contribution in [0.5, 0.6) is 0 Å². The molecule has 100 valence electrons. The Labute approximate surface area is 115 Å². The van der Waals surface area contributed by atoms with Gasteiger partial charge >= 0.3 is 6.09 Å². The third-order valence-electron chi connectivity index (χ3n) is 2.57. The van der Waals surface area contributed by atoms with E-state index in [0.717, 1.165) is 10.4 Å². The van der Waals surface area contributed by atoms with Crippen LogP contribution in [0.25, 0.3) is 0 Å². The summed E-state index contributed by atoms with van der Waals surface area (Å²) in [6.45, 7) is 2.06. The fraction of sp³-hybridized carbons (Fsp3) is 0.214. The van der Waals surface area contributed by atoms with Crippen LogP contribution in [-0.4, -0.2) is 12.7 Å². The predicted molar refractivity (Wildman–Crippen MR) is 72.7 cm³/mol. The molecule has 0 radical (unpaired) electrons. The molecule has 1 aromatic carbocycles. The summed E-state index contributed by atoms with van der Waals surface area (Å²) < 4.78 is 17.9. The second-order valence-electron chi connectivity index (χ2n) is 3.86. The van der Waals surface area contributed by atoms with Crippen molar-refractivity contribution in [3.8, 4) is 0 Å². The van der Waals surface area contributed by atoms with Gasteiger partial charge in [0.2, 0.25) is 0 Å². The summed E-state index contributed by atoms with van der Waals surface area (Å²) >= 11 is 1.53. The highest BCUT2D eigenvalue weighted by atomic mass is 32.1. The maximum absolute atomic E-state index is 13.0. The summed E-state index contributed by atoms with van der Waals surface area (Å²) in [6, 6.07) is 9.58. The lowest BCUT2D eigenvalue weighted by Crippen LogP contribution is -2.29. The van der Waals surface area contributed by atoms with Crippen molar-refractivity contribution in [3.05, 3.63) is 58.0 Å². The first kappa shape index (κ1) is 13.5. The summed E-state index contributed by atoms with van der Waals surface area (Å²) in [5.41, 5.74) is 0.817. The molecule has 0 fully saturated rings. The number of nitrogens with one attached hydrogen (secondary N) is 1. The quantitative estimate of drug-likeness (QED) is 0.926. The lowest BCUT2D eigenvalue weighted by atomic mass is 10.1. The number of thiophene rings is 1. The zero-order valence-electron chi connectivity index (χ0n) is 10.4. The summed E-state index contributed by atoms with van der Waals surface area (Å²) in [7, 11) is 0. The lowest BCUT2D eigenvalue weighted by Gasteiger charge is -2.17. The van der Waals surface area contributed by atoms with Gasteiger partial charge in [0.25, 0.3) is 0 Å². The molecule has 0 aliphatic carbocycles. The Morgan fingerprint density at radius 3 is 2.68 bits per heavy atom. The number of benzene rings is 1. The van der Waals surface area contributed by atoms with E-state index in [-0.39, 0.29) is 11.9 Å². The van der Waals surface area contributed by atoms with Gasteiger partial charge in [0.05, 0.1) is 12.6 Å². The van der Waals surface area contributed by atoms with Gasteiger partial charge in [0.15, 0.2) is 0 Å². The molecule has 0 aliphatic rings. The molecule has 0 saturated heterocycles. The second kappa shape index (κ2) is 6.33. The van der Waals surface area contributed by atoms with Crippen molar-refractivity contribution in [3.63, 3.8) is 0 Å². The number of amides is 1. The van der Waals surface area contributed by atoms with E-state index in [1.54, 1.807) is 19.1 Å². The minimum atomic E-state index is -0.481. The predicted octanol–water partition coefficient (Wildman–Crippen LogP) is 3.72. The van der Waals surface area contributed by atoms with Crippen molar-refractivity contribution in [2.45, 2.75) is 13.0 Å². The highest BCUT2D eigenvalue weighted by molar-refractivity contribution is 7.10. The summed E-state index contributed by atoms with van der Waals surface area (Å²) in [5, 5.41) is 4.71. The van der Waals surface area contributed by atoms with Crippen LogP contribution in [0.3, 0.4) is 0 Å². The maximum Gasteiger partial charge on any atom is 0.407 e. The summed E-state index contributed by atoms with van der Waals surface area (Å²) in [6.07, 6.45) is -0.481. The van der Waals surface area contributed by atoms with Gasteiger partial charge in [-0.05, 0) is 36.1 Å². The SMILES string of the molecule is CCOC(=O)NC(c1ccc(F)cc1)c1cccs1. The molecule has 2 aromatic rings. The van der Waals surface area contributed by atoms with E-state index in [1.165, 1.54) is 23.5 Å². The first-order chi connectivity index (χ1) is 9.20. The van der Waals surface area contributed by atoms with Crippen LogP contribution in [0, 0.1) is 5.82 Å². The Bertz CT molecular complexity index is 525. The first-order valence-corrected chi connectivity index (χ1v) is 6.81. The number of carbonyl (C=O) groups is 1. The van der Waals surface area contributed by atoms with Crippen molar-refractivity contribution in [2.75, 3.05) is 6.61 Å². The summed E-state index contributed by atoms with van der Waals surface area (Å²) in [5.74, 6) is -0.301. The number of alkyl carbamates (subject to hydrolysis) is 1. The zero-order chi connectivity index (χ0) is 13.7. The number of halogens is 1. The molecule has 5 heteroatoms. The fourth-order valence-corrected chi connectivity index (χ4v) is 2.52. The second-order valence-corrected chi connectivity index (χ2v) is 4.84. The molecular weight excluding hydrogens is 265 g/mol. The molecular formula is C14H14FNO2S. The molecule has 2 rings (SSSR count). The minimum Gasteiger partial charge on any atom is -0.450 e. The van der Waals surface area contributed by atoms with Gasteiger partial charge in [0, 0.05) is 4.88 Å². The van der Waals surface area contributed by atoms with Gasteiger partial charge in [-0.25, -0.2) is 9.18 Å². The molecule has 1 N–H and O–H groups in total. The Balaban J connectivity index is 2.24. The van der Waals surface area contributed by atoms with Gasteiger partial charge < -0.3 is 10.1 Å². The van der Waals surface area contributed by atoms with E-state index in [9.17, 15) is 9.18 Å². The molecule has 0 bridgehead atoms. The molecule has 0 spiro atoms. The smallest absolute Gasteiger partial charge is 0.407 e. The fourth-order valence-electron chi connectivity index (χ4n) is 1.72. The summed E-state index contributed by atoms with van der Waals surface area (Å²) in [4.78, 5) is 12.6. The Morgan fingerprint density at radius 1 is 1.37 bits per heavy atom. The van der Waals surface area contributed by atoms with Gasteiger partial charge in [-0.15, -0.1) is 11.3 Å². The van der Waals surface area contributed by atoms with E-state index >= 15 is 0 Å². The van der Waals surface area contributed by atoms with Gasteiger partial charge in [-0.2, -0.15) is 0 Å². The van der Waals surface area contributed by atoms with Gasteiger partial charge in [-0.1, -0.05) is 18.2 Å². The van der Waals surface area contributed by atoms with Crippen molar-refractivity contribution in [2.24, 2.45) is 0 Å². The van der Waals surface area contributed by atoms with E-state index in [1.807, 2.05) is 17.5 Å². The zero-order valence-corrected chi connectivity index (χ0v) is 11.2. The lowest BCUT2D eigenvalue weighted by molar-refractivity contribution is 0.150. The molecule has 19 heavy (non-hydrogen) atoms. The molecule has 1 heterocycles. The van der Waals surface area contributed by atoms with Crippen LogP contribution >= 0.6 is 11.3 Å². The first-order valence-electron chi connectivity index (χ1n) is 5.93. The molecule has 1 atom stereocenters. The molecule has 0 aliphatic heterocycles. The van der Waals surface area contributed by atoms with Crippen LogP contribution in [0.2, 0.25) is 0 Å². The average molecular weight is 279 g/mol. The molecule has 1 amide bonds. The van der Waals surface area contributed by atoms with Crippen LogP contribution in [0.4, 0.5) is 9.18 Å². The van der Waals surface area contributed by atoms with Crippen LogP contribution in [0.1, 0.15) is 23.4 Å². The highest BCUT2D eigenvalue weighted by Gasteiger charge is 2.18. The van der Waals surface area contributed by atoms with Crippen LogP contribution in [0.15, 0.2) is 41.8 Å². The Morgan fingerprint density at radius 2 is 2.11 bits per heavy atom. The third-order valence-corrected chi connectivity index (χ3v) is 3.51. The van der Waals surface area contributed by atoms with Crippen molar-refractivity contribution in [1.29, 1.82) is 0 Å².